The largest absolute Gasteiger partial charge is 0.320 e. The molecule has 1 aromatic carbocycles. The number of benzene rings is 1. The van der Waals surface area contributed by atoms with Gasteiger partial charge in [-0.25, -0.2) is 0 Å². The van der Waals surface area contributed by atoms with E-state index in [0.29, 0.717) is 6.42 Å². The maximum absolute atomic E-state index is 12.0. The monoisotopic (exact) mass is 241 g/mol. The molecule has 0 aliphatic carbocycles. The molecule has 1 atom stereocenters. The Kier molecular flexibility index (Phi) is 5.44. The number of hydrogen-bond acceptors (Lipinski definition) is 3. The molecule has 18 heavy (non-hydrogen) atoms. The minimum atomic E-state index is -0.672. The molecule has 0 spiro atoms. The molecule has 1 amide bonds. The van der Waals surface area contributed by atoms with Crippen molar-refractivity contribution in [2.75, 3.05) is 13.1 Å². The van der Waals surface area contributed by atoms with E-state index >= 15 is 0 Å². The van der Waals surface area contributed by atoms with Gasteiger partial charge in [-0.05, 0) is 12.0 Å². The normalized spacial score (nSPS) is 11.1. The molecule has 0 saturated heterocycles. The van der Waals surface area contributed by atoms with Crippen molar-refractivity contribution in [3.8, 4) is 18.4 Å². The molecule has 0 aromatic heterocycles. The fourth-order valence-corrected chi connectivity index (χ4v) is 1.60. The predicted molar refractivity (Wildman–Crippen MR) is 69.1 cm³/mol. The van der Waals surface area contributed by atoms with E-state index in [2.05, 4.69) is 5.92 Å². The van der Waals surface area contributed by atoms with Crippen LogP contribution in [0, 0.1) is 23.7 Å². The first-order valence-corrected chi connectivity index (χ1v) is 5.57. The topological polar surface area (TPSA) is 70.1 Å². The highest BCUT2D eigenvalue weighted by Gasteiger charge is 2.20. The maximum Gasteiger partial charge on any atom is 0.241 e. The Morgan fingerprint density at radius 1 is 1.39 bits per heavy atom. The Morgan fingerprint density at radius 2 is 2.06 bits per heavy atom. The van der Waals surface area contributed by atoms with Crippen molar-refractivity contribution in [2.45, 2.75) is 12.5 Å². The smallest absolute Gasteiger partial charge is 0.241 e. The lowest BCUT2D eigenvalue weighted by atomic mass is 10.1. The van der Waals surface area contributed by atoms with Crippen LogP contribution >= 0.6 is 0 Å². The van der Waals surface area contributed by atoms with Crippen molar-refractivity contribution in [1.29, 1.82) is 5.26 Å². The van der Waals surface area contributed by atoms with E-state index < -0.39 is 6.04 Å². The Bertz CT molecular complexity index is 454. The first-order valence-electron chi connectivity index (χ1n) is 5.57. The molecule has 92 valence electrons. The van der Waals surface area contributed by atoms with E-state index in [1.54, 1.807) is 0 Å². The van der Waals surface area contributed by atoms with Crippen LogP contribution in [0.3, 0.4) is 0 Å². The highest BCUT2D eigenvalue weighted by atomic mass is 16.2. The zero-order valence-corrected chi connectivity index (χ0v) is 10.0. The van der Waals surface area contributed by atoms with E-state index in [1.807, 2.05) is 36.4 Å². The van der Waals surface area contributed by atoms with Crippen molar-refractivity contribution in [1.82, 2.24) is 4.90 Å². The molecule has 0 radical (unpaired) electrons. The highest BCUT2D eigenvalue weighted by Crippen LogP contribution is 2.04. The van der Waals surface area contributed by atoms with Crippen molar-refractivity contribution < 1.29 is 4.79 Å². The van der Waals surface area contributed by atoms with E-state index in [0.717, 1.165) is 5.56 Å². The van der Waals surface area contributed by atoms with Crippen LogP contribution in [0.25, 0.3) is 0 Å². The van der Waals surface area contributed by atoms with Crippen LogP contribution in [-0.2, 0) is 11.2 Å². The zero-order chi connectivity index (χ0) is 13.4. The zero-order valence-electron chi connectivity index (χ0n) is 10.0. The number of nitrogens with zero attached hydrogens (tertiary/aromatic N) is 2. The van der Waals surface area contributed by atoms with Gasteiger partial charge in [-0.3, -0.25) is 4.79 Å². The van der Waals surface area contributed by atoms with Gasteiger partial charge >= 0.3 is 0 Å². The summed E-state index contributed by atoms with van der Waals surface area (Å²) in [5.41, 5.74) is 6.82. The van der Waals surface area contributed by atoms with E-state index in [-0.39, 0.29) is 19.0 Å². The standard InChI is InChI=1S/C14H15N3O/c1-2-9-17(10-8-15)14(18)13(16)11-12-6-4-3-5-7-12/h1,3-7,13H,9-11,16H2/t13-/m0/s1. The third-order valence-corrected chi connectivity index (χ3v) is 2.47. The summed E-state index contributed by atoms with van der Waals surface area (Å²) in [6.45, 7) is 0.0698. The molecule has 4 nitrogen and oxygen atoms in total. The summed E-state index contributed by atoms with van der Waals surface area (Å²) in [4.78, 5) is 13.3. The second-order valence-corrected chi connectivity index (χ2v) is 3.85. The average molecular weight is 241 g/mol. The first kappa shape index (κ1) is 13.8. The van der Waals surface area contributed by atoms with Crippen molar-refractivity contribution >= 4 is 5.91 Å². The van der Waals surface area contributed by atoms with Gasteiger partial charge in [0.05, 0.1) is 18.7 Å². The molecule has 0 aliphatic rings. The molecule has 0 fully saturated rings. The molecule has 0 bridgehead atoms. The van der Waals surface area contributed by atoms with Gasteiger partial charge in [0, 0.05) is 0 Å². The van der Waals surface area contributed by atoms with E-state index in [1.165, 1.54) is 4.90 Å². The fraction of sp³-hybridized carbons (Fsp3) is 0.286. The number of nitrogens with two attached hydrogens (primary N) is 1. The Hall–Kier alpha value is -2.30. The molecule has 1 aromatic rings. The number of rotatable bonds is 5. The summed E-state index contributed by atoms with van der Waals surface area (Å²) in [6.07, 6.45) is 5.59. The first-order chi connectivity index (χ1) is 8.69. The summed E-state index contributed by atoms with van der Waals surface area (Å²) in [5.74, 6) is 2.06. The van der Waals surface area contributed by atoms with Crippen LogP contribution in [0.1, 0.15) is 5.56 Å². The minimum absolute atomic E-state index is 0.0362. The lowest BCUT2D eigenvalue weighted by Gasteiger charge is -2.21. The summed E-state index contributed by atoms with van der Waals surface area (Å²) >= 11 is 0. The summed E-state index contributed by atoms with van der Waals surface area (Å²) in [5, 5.41) is 8.63. The van der Waals surface area contributed by atoms with Gasteiger partial charge in [0.1, 0.15) is 6.54 Å². The third kappa shape index (κ3) is 3.93. The summed E-state index contributed by atoms with van der Waals surface area (Å²) in [6, 6.07) is 10.7. The molecule has 1 rings (SSSR count). The number of amides is 1. The number of terminal acetylenes is 1. The summed E-state index contributed by atoms with van der Waals surface area (Å²) < 4.78 is 0. The van der Waals surface area contributed by atoms with Crippen LogP contribution in [-0.4, -0.2) is 29.9 Å². The molecule has 0 unspecified atom stereocenters. The van der Waals surface area contributed by atoms with Crippen molar-refractivity contribution in [3.05, 3.63) is 35.9 Å². The molecule has 0 aliphatic heterocycles. The third-order valence-electron chi connectivity index (χ3n) is 2.47. The van der Waals surface area contributed by atoms with Gasteiger partial charge in [0.25, 0.3) is 0 Å². The van der Waals surface area contributed by atoms with Gasteiger partial charge in [-0.1, -0.05) is 36.3 Å². The number of carbonyl (C=O) groups excluding carboxylic acids is 1. The molecular formula is C14H15N3O. The van der Waals surface area contributed by atoms with Gasteiger partial charge in [-0.2, -0.15) is 5.26 Å². The lowest BCUT2D eigenvalue weighted by molar-refractivity contribution is -0.131. The number of nitriles is 1. The Morgan fingerprint density at radius 3 is 2.61 bits per heavy atom. The van der Waals surface area contributed by atoms with Crippen LogP contribution in [0.15, 0.2) is 30.3 Å². The Balaban J connectivity index is 2.65. The van der Waals surface area contributed by atoms with Gasteiger partial charge in [0.15, 0.2) is 0 Å². The van der Waals surface area contributed by atoms with Crippen LogP contribution in [0.5, 0.6) is 0 Å². The minimum Gasteiger partial charge on any atom is -0.320 e. The highest BCUT2D eigenvalue weighted by molar-refractivity contribution is 5.82. The maximum atomic E-state index is 12.0. The van der Waals surface area contributed by atoms with E-state index in [9.17, 15) is 4.79 Å². The van der Waals surface area contributed by atoms with E-state index in [4.69, 9.17) is 17.4 Å². The lowest BCUT2D eigenvalue weighted by Crippen LogP contribution is -2.45. The summed E-state index contributed by atoms with van der Waals surface area (Å²) in [7, 11) is 0. The SMILES string of the molecule is C#CCN(CC#N)C(=O)[C@@H](N)Cc1ccccc1. The predicted octanol–water partition coefficient (Wildman–Crippen LogP) is 0.542. The molecular weight excluding hydrogens is 226 g/mol. The van der Waals surface area contributed by atoms with Crippen LogP contribution < -0.4 is 5.73 Å². The molecule has 4 heteroatoms. The van der Waals surface area contributed by atoms with Gasteiger partial charge in [0.2, 0.25) is 5.91 Å². The number of hydrogen-bond donors (Lipinski definition) is 1. The van der Waals surface area contributed by atoms with Gasteiger partial charge < -0.3 is 10.6 Å². The van der Waals surface area contributed by atoms with Crippen LogP contribution in [0.4, 0.5) is 0 Å². The number of carbonyl (C=O) groups is 1. The fourth-order valence-electron chi connectivity index (χ4n) is 1.60. The molecule has 0 heterocycles. The van der Waals surface area contributed by atoms with Crippen molar-refractivity contribution in [3.63, 3.8) is 0 Å². The Labute approximate surface area is 107 Å². The molecule has 2 N–H and O–H groups in total. The van der Waals surface area contributed by atoms with Gasteiger partial charge in [-0.15, -0.1) is 6.42 Å². The van der Waals surface area contributed by atoms with Crippen molar-refractivity contribution in [2.24, 2.45) is 5.73 Å². The average Bonchev–Trinajstić information content (AvgIpc) is 2.39. The van der Waals surface area contributed by atoms with Crippen LogP contribution in [0.2, 0.25) is 0 Å². The second-order valence-electron chi connectivity index (χ2n) is 3.85. The quantitative estimate of drug-likeness (QED) is 0.604. The second kappa shape index (κ2) is 7.11. The molecule has 0 saturated carbocycles.